The van der Waals surface area contributed by atoms with Crippen LogP contribution in [-0.4, -0.2) is 91.2 Å². The van der Waals surface area contributed by atoms with Gasteiger partial charge in [-0.3, -0.25) is 19.2 Å². The minimum Gasteiger partial charge on any atom is -0.497 e. The van der Waals surface area contributed by atoms with E-state index in [0.717, 1.165) is 23.1 Å². The Labute approximate surface area is 281 Å². The number of benzene rings is 1. The molecule has 1 fully saturated rings. The van der Waals surface area contributed by atoms with Gasteiger partial charge in [-0.25, -0.2) is 4.79 Å². The third-order valence-corrected chi connectivity index (χ3v) is 7.50. The van der Waals surface area contributed by atoms with Crippen LogP contribution in [0, 0.1) is 5.41 Å². The lowest BCUT2D eigenvalue weighted by molar-refractivity contribution is -0.253. The number of hydrogen-bond donors (Lipinski definition) is 3. The van der Waals surface area contributed by atoms with Gasteiger partial charge in [0, 0.05) is 37.1 Å². The Morgan fingerprint density at radius 3 is 2.19 bits per heavy atom. The summed E-state index contributed by atoms with van der Waals surface area (Å²) in [6.07, 6.45) is -2.09. The molecule has 1 heterocycles. The van der Waals surface area contributed by atoms with Gasteiger partial charge in [-0.05, 0) is 59.2 Å². The lowest BCUT2D eigenvalue weighted by Crippen LogP contribution is -2.54. The molecule has 2 rings (SSSR count). The molecular weight excluding hydrogens is 630 g/mol. The van der Waals surface area contributed by atoms with Crippen molar-refractivity contribution < 1.29 is 47.7 Å². The molecule has 264 valence electrons. The van der Waals surface area contributed by atoms with E-state index >= 15 is 0 Å². The molecule has 14 heteroatoms. The Bertz CT molecular complexity index is 1190. The van der Waals surface area contributed by atoms with Crippen molar-refractivity contribution in [1.82, 2.24) is 16.0 Å². The second-order valence-electron chi connectivity index (χ2n) is 13.8. The number of carbonyl (C=O) groups is 5. The summed E-state index contributed by atoms with van der Waals surface area (Å²) in [5, 5.41) is 7.45. The van der Waals surface area contributed by atoms with Gasteiger partial charge in [0.05, 0.1) is 20.1 Å². The first-order chi connectivity index (χ1) is 21.8. The van der Waals surface area contributed by atoms with E-state index in [0.29, 0.717) is 13.0 Å². The van der Waals surface area contributed by atoms with Crippen LogP contribution in [0.1, 0.15) is 73.8 Å². The fraction of sp³-hybridized carbons (Fsp3) is 0.667. The van der Waals surface area contributed by atoms with Crippen molar-refractivity contribution in [2.75, 3.05) is 32.6 Å². The molecule has 1 aromatic carbocycles. The maximum Gasteiger partial charge on any atom is 0.408 e. The van der Waals surface area contributed by atoms with E-state index in [4.69, 9.17) is 23.7 Å². The van der Waals surface area contributed by atoms with Crippen LogP contribution in [0.2, 0.25) is 0 Å². The number of rotatable bonds is 14. The average Bonchev–Trinajstić information content (AvgIpc) is 2.94. The Kier molecular flexibility index (Phi) is 15.0. The first-order valence-corrected chi connectivity index (χ1v) is 16.6. The van der Waals surface area contributed by atoms with Crippen molar-refractivity contribution in [2.24, 2.45) is 5.41 Å². The molecule has 0 bridgehead atoms. The number of thioether (sulfide) groups is 1. The molecule has 13 nitrogen and oxygen atoms in total. The normalized spacial score (nSPS) is 18.3. The van der Waals surface area contributed by atoms with Crippen molar-refractivity contribution in [3.63, 3.8) is 0 Å². The maximum atomic E-state index is 13.0. The number of carbonyl (C=O) groups excluding carboxylic acids is 5. The highest BCUT2D eigenvalue weighted by Crippen LogP contribution is 2.31. The maximum absolute atomic E-state index is 13.0. The fourth-order valence-electron chi connectivity index (χ4n) is 4.35. The molecule has 0 aromatic heterocycles. The highest BCUT2D eigenvalue weighted by molar-refractivity contribution is 8.13. The minimum atomic E-state index is -1.18. The Balaban J connectivity index is 1.79. The molecule has 0 aliphatic carbocycles. The number of alkyl carbamates (subject to hydrolysis) is 1. The molecule has 1 unspecified atom stereocenters. The van der Waals surface area contributed by atoms with E-state index in [1.165, 1.54) is 0 Å². The minimum absolute atomic E-state index is 0.0186. The number of hydrogen-bond acceptors (Lipinski definition) is 11. The van der Waals surface area contributed by atoms with Gasteiger partial charge in [0.15, 0.2) is 6.29 Å². The van der Waals surface area contributed by atoms with Gasteiger partial charge in [-0.15, -0.1) is 0 Å². The third kappa shape index (κ3) is 15.4. The summed E-state index contributed by atoms with van der Waals surface area (Å²) < 4.78 is 27.6. The summed E-state index contributed by atoms with van der Waals surface area (Å²) in [5.74, 6) is -0.367. The molecule has 3 atom stereocenters. The number of amides is 3. The van der Waals surface area contributed by atoms with Crippen LogP contribution in [0.3, 0.4) is 0 Å². The molecule has 47 heavy (non-hydrogen) atoms. The number of ether oxygens (including phenoxy) is 5. The number of esters is 1. The van der Waals surface area contributed by atoms with Gasteiger partial charge in [-0.2, -0.15) is 0 Å². The Morgan fingerprint density at radius 1 is 0.957 bits per heavy atom. The molecule has 0 radical (unpaired) electrons. The quantitative estimate of drug-likeness (QED) is 0.194. The first kappa shape index (κ1) is 39.8. The first-order valence-electron chi connectivity index (χ1n) is 15.6. The van der Waals surface area contributed by atoms with E-state index in [9.17, 15) is 24.0 Å². The van der Waals surface area contributed by atoms with Crippen LogP contribution in [0.25, 0.3) is 0 Å². The average molecular weight is 682 g/mol. The number of methoxy groups -OCH3 is 1. The molecular formula is C33H51N3O10S. The summed E-state index contributed by atoms with van der Waals surface area (Å²) in [7, 11) is 1.60. The van der Waals surface area contributed by atoms with E-state index in [1.54, 1.807) is 48.7 Å². The molecule has 1 saturated heterocycles. The molecule has 3 amide bonds. The zero-order valence-corrected chi connectivity index (χ0v) is 29.8. The predicted molar refractivity (Wildman–Crippen MR) is 177 cm³/mol. The van der Waals surface area contributed by atoms with Crippen LogP contribution in [0.5, 0.6) is 5.75 Å². The largest absolute Gasteiger partial charge is 0.497 e. The molecule has 1 aromatic rings. The van der Waals surface area contributed by atoms with Gasteiger partial charge in [0.1, 0.15) is 29.1 Å². The molecule has 0 spiro atoms. The monoisotopic (exact) mass is 681 g/mol. The molecule has 1 aliphatic rings. The Morgan fingerprint density at radius 2 is 1.60 bits per heavy atom. The summed E-state index contributed by atoms with van der Waals surface area (Å²) in [6, 6.07) is 6.35. The van der Waals surface area contributed by atoms with Crippen LogP contribution >= 0.6 is 11.8 Å². The summed E-state index contributed by atoms with van der Waals surface area (Å²) >= 11 is 0.860. The van der Waals surface area contributed by atoms with E-state index in [2.05, 4.69) is 16.0 Å². The van der Waals surface area contributed by atoms with Crippen molar-refractivity contribution in [3.05, 3.63) is 29.8 Å². The molecule has 3 N–H and O–H groups in total. The van der Waals surface area contributed by atoms with Gasteiger partial charge in [0.25, 0.3) is 0 Å². The molecule has 0 saturated carbocycles. The van der Waals surface area contributed by atoms with Crippen molar-refractivity contribution in [3.8, 4) is 5.75 Å². The zero-order valence-electron chi connectivity index (χ0n) is 29.0. The SMILES string of the molecule is COc1ccc(CC2OCC(C)(C)[C@H](C(=O)NCCC(=O)NCCSC(=O)[C@H](CC(=O)OC(C)(C)C)NC(=O)OC(C)(C)C)O2)cc1. The predicted octanol–water partition coefficient (Wildman–Crippen LogP) is 3.51. The second-order valence-corrected chi connectivity index (χ2v) is 14.9. The standard InChI is InChI=1S/C33H51N3O10S/c1-31(2,3)45-25(38)19-23(36-30(41)46-32(4,5)6)29(40)47-17-16-34-24(37)14-15-35-28(39)27-33(7,8)20-43-26(44-27)18-21-10-12-22(42-9)13-11-21/h10-13,23,26-27H,14-20H2,1-9H3,(H,34,37)(H,35,39)(H,36,41)/t23-,26?,27-/m0/s1. The Hall–Kier alpha value is -3.36. The summed E-state index contributed by atoms with van der Waals surface area (Å²) in [4.78, 5) is 63.0. The van der Waals surface area contributed by atoms with Gasteiger partial charge in [-0.1, -0.05) is 37.7 Å². The second kappa shape index (κ2) is 17.7. The topological polar surface area (TPSA) is 168 Å². The van der Waals surface area contributed by atoms with E-state index in [1.807, 2.05) is 38.1 Å². The smallest absolute Gasteiger partial charge is 0.408 e. The lowest BCUT2D eigenvalue weighted by atomic mass is 9.85. The van der Waals surface area contributed by atoms with Gasteiger partial charge >= 0.3 is 12.1 Å². The highest BCUT2D eigenvalue weighted by Gasteiger charge is 2.42. The van der Waals surface area contributed by atoms with Crippen LogP contribution in [0.15, 0.2) is 24.3 Å². The number of nitrogens with one attached hydrogen (secondary N) is 3. The summed E-state index contributed by atoms with van der Waals surface area (Å²) in [5.41, 5.74) is -1.16. The third-order valence-electron chi connectivity index (χ3n) is 6.52. The van der Waals surface area contributed by atoms with E-state index < -0.39 is 52.2 Å². The summed E-state index contributed by atoms with van der Waals surface area (Å²) in [6.45, 7) is 14.5. The van der Waals surface area contributed by atoms with Crippen LogP contribution in [0.4, 0.5) is 4.79 Å². The lowest BCUT2D eigenvalue weighted by Gasteiger charge is -2.41. The van der Waals surface area contributed by atoms with Gasteiger partial charge in [0.2, 0.25) is 16.9 Å². The van der Waals surface area contributed by atoms with Gasteiger partial charge < -0.3 is 39.6 Å². The van der Waals surface area contributed by atoms with Crippen molar-refractivity contribution in [2.45, 2.75) is 104 Å². The zero-order chi connectivity index (χ0) is 35.4. The fourth-order valence-corrected chi connectivity index (χ4v) is 5.10. The highest BCUT2D eigenvalue weighted by atomic mass is 32.2. The van der Waals surface area contributed by atoms with Crippen LogP contribution < -0.4 is 20.7 Å². The van der Waals surface area contributed by atoms with Crippen LogP contribution in [-0.2, 0) is 44.5 Å². The van der Waals surface area contributed by atoms with Crippen molar-refractivity contribution >= 4 is 40.8 Å². The molecule has 1 aliphatic heterocycles. The van der Waals surface area contributed by atoms with E-state index in [-0.39, 0.29) is 43.5 Å². The van der Waals surface area contributed by atoms with Crippen molar-refractivity contribution in [1.29, 1.82) is 0 Å².